The summed E-state index contributed by atoms with van der Waals surface area (Å²) < 4.78 is 0. The number of carbonyl (C=O) groups excluding carboxylic acids is 1. The fraction of sp³-hybridized carbons (Fsp3) is 0.417. The summed E-state index contributed by atoms with van der Waals surface area (Å²) >= 11 is 12.0. The molecule has 1 aliphatic carbocycles. The summed E-state index contributed by atoms with van der Waals surface area (Å²) in [5.41, 5.74) is 6.29. The van der Waals surface area contributed by atoms with E-state index in [1.165, 1.54) is 0 Å². The molecule has 3 nitrogen and oxygen atoms in total. The zero-order valence-corrected chi connectivity index (χ0v) is 10.8. The molecule has 1 aliphatic rings. The average molecular weight is 273 g/mol. The second-order valence-electron chi connectivity index (χ2n) is 4.39. The average Bonchev–Trinajstić information content (AvgIpc) is 3.07. The van der Waals surface area contributed by atoms with Crippen LogP contribution in [0.15, 0.2) is 18.2 Å². The minimum Gasteiger partial charge on any atom is -0.354 e. The third-order valence-corrected chi connectivity index (χ3v) is 3.71. The van der Waals surface area contributed by atoms with Gasteiger partial charge in [-0.25, -0.2) is 0 Å². The minimum atomic E-state index is -0.138. The van der Waals surface area contributed by atoms with Gasteiger partial charge in [0, 0.05) is 22.0 Å². The third-order valence-electron chi connectivity index (χ3n) is 3.17. The molecule has 0 aliphatic heterocycles. The standard InChI is InChI=1S/C12H14Cl2N2O/c13-8-1-2-9(10(14)5-8)12(3-4-12)7-16-11(17)6-15/h1-2,5H,3-4,6-7,15H2,(H,16,17). The second kappa shape index (κ2) is 4.84. The molecule has 0 radical (unpaired) electrons. The Labute approximate surface area is 110 Å². The highest BCUT2D eigenvalue weighted by Crippen LogP contribution is 2.50. The van der Waals surface area contributed by atoms with Gasteiger partial charge in [0.25, 0.3) is 0 Å². The van der Waals surface area contributed by atoms with Gasteiger partial charge in [-0.15, -0.1) is 0 Å². The number of benzene rings is 1. The maximum atomic E-state index is 11.2. The van der Waals surface area contributed by atoms with Crippen molar-refractivity contribution < 1.29 is 4.79 Å². The molecular weight excluding hydrogens is 259 g/mol. The summed E-state index contributed by atoms with van der Waals surface area (Å²) in [5.74, 6) is -0.138. The number of amides is 1. The Kier molecular flexibility index (Phi) is 3.61. The van der Waals surface area contributed by atoms with Crippen molar-refractivity contribution in [1.29, 1.82) is 0 Å². The molecule has 1 fully saturated rings. The Morgan fingerprint density at radius 1 is 1.41 bits per heavy atom. The third kappa shape index (κ3) is 2.73. The first-order valence-electron chi connectivity index (χ1n) is 5.50. The molecule has 0 aromatic heterocycles. The van der Waals surface area contributed by atoms with Crippen LogP contribution in [0.25, 0.3) is 0 Å². The molecule has 17 heavy (non-hydrogen) atoms. The van der Waals surface area contributed by atoms with E-state index < -0.39 is 0 Å². The van der Waals surface area contributed by atoms with Crippen LogP contribution < -0.4 is 11.1 Å². The first-order valence-corrected chi connectivity index (χ1v) is 6.25. The van der Waals surface area contributed by atoms with Crippen molar-refractivity contribution in [3.63, 3.8) is 0 Å². The Morgan fingerprint density at radius 2 is 2.12 bits per heavy atom. The van der Waals surface area contributed by atoms with E-state index in [-0.39, 0.29) is 17.9 Å². The Balaban J connectivity index is 2.13. The van der Waals surface area contributed by atoms with Gasteiger partial charge in [-0.05, 0) is 30.5 Å². The lowest BCUT2D eigenvalue weighted by atomic mass is 9.96. The Bertz CT molecular complexity index is 444. The van der Waals surface area contributed by atoms with Crippen LogP contribution in [0.2, 0.25) is 10.0 Å². The van der Waals surface area contributed by atoms with Gasteiger partial charge in [-0.1, -0.05) is 29.3 Å². The van der Waals surface area contributed by atoms with Gasteiger partial charge in [0.15, 0.2) is 0 Å². The molecule has 0 heterocycles. The van der Waals surface area contributed by atoms with Crippen molar-refractivity contribution in [2.75, 3.05) is 13.1 Å². The van der Waals surface area contributed by atoms with Crippen LogP contribution in [0.4, 0.5) is 0 Å². The normalized spacial score (nSPS) is 16.6. The van der Waals surface area contributed by atoms with Crippen LogP contribution in [0, 0.1) is 0 Å². The summed E-state index contributed by atoms with van der Waals surface area (Å²) in [7, 11) is 0. The molecule has 1 saturated carbocycles. The quantitative estimate of drug-likeness (QED) is 0.882. The molecule has 92 valence electrons. The van der Waals surface area contributed by atoms with E-state index in [0.29, 0.717) is 16.6 Å². The van der Waals surface area contributed by atoms with Crippen LogP contribution in [0.3, 0.4) is 0 Å². The topological polar surface area (TPSA) is 55.1 Å². The molecule has 1 aromatic rings. The number of nitrogens with two attached hydrogens (primary N) is 1. The van der Waals surface area contributed by atoms with Gasteiger partial charge in [-0.2, -0.15) is 0 Å². The number of hydrogen-bond donors (Lipinski definition) is 2. The van der Waals surface area contributed by atoms with E-state index in [1.54, 1.807) is 6.07 Å². The predicted molar refractivity (Wildman–Crippen MR) is 69.4 cm³/mol. The van der Waals surface area contributed by atoms with Crippen LogP contribution >= 0.6 is 23.2 Å². The monoisotopic (exact) mass is 272 g/mol. The van der Waals surface area contributed by atoms with E-state index in [4.69, 9.17) is 28.9 Å². The molecular formula is C12H14Cl2N2O. The molecule has 1 amide bonds. The van der Waals surface area contributed by atoms with Crippen molar-refractivity contribution in [2.45, 2.75) is 18.3 Å². The Hall–Kier alpha value is -0.770. The van der Waals surface area contributed by atoms with E-state index >= 15 is 0 Å². The lowest BCUT2D eigenvalue weighted by Gasteiger charge is -2.18. The first kappa shape index (κ1) is 12.7. The molecule has 5 heteroatoms. The zero-order valence-electron chi connectivity index (χ0n) is 9.30. The van der Waals surface area contributed by atoms with Crippen LogP contribution in [0.1, 0.15) is 18.4 Å². The van der Waals surface area contributed by atoms with Gasteiger partial charge in [0.05, 0.1) is 6.54 Å². The van der Waals surface area contributed by atoms with Crippen molar-refractivity contribution in [3.8, 4) is 0 Å². The molecule has 3 N–H and O–H groups in total. The summed E-state index contributed by atoms with van der Waals surface area (Å²) in [5, 5.41) is 4.11. The largest absolute Gasteiger partial charge is 0.354 e. The molecule has 0 spiro atoms. The molecule has 0 saturated heterocycles. The first-order chi connectivity index (χ1) is 8.07. The smallest absolute Gasteiger partial charge is 0.233 e. The highest BCUT2D eigenvalue weighted by atomic mass is 35.5. The van der Waals surface area contributed by atoms with Gasteiger partial charge < -0.3 is 11.1 Å². The maximum absolute atomic E-state index is 11.2. The van der Waals surface area contributed by atoms with E-state index in [0.717, 1.165) is 18.4 Å². The van der Waals surface area contributed by atoms with Crippen molar-refractivity contribution in [3.05, 3.63) is 33.8 Å². The number of hydrogen-bond acceptors (Lipinski definition) is 2. The van der Waals surface area contributed by atoms with Crippen molar-refractivity contribution in [2.24, 2.45) is 5.73 Å². The van der Waals surface area contributed by atoms with Crippen LogP contribution in [-0.2, 0) is 10.2 Å². The summed E-state index contributed by atoms with van der Waals surface area (Å²) in [6.45, 7) is 0.606. The van der Waals surface area contributed by atoms with Crippen molar-refractivity contribution in [1.82, 2.24) is 5.32 Å². The second-order valence-corrected chi connectivity index (χ2v) is 5.23. The molecule has 0 atom stereocenters. The van der Waals surface area contributed by atoms with E-state index in [2.05, 4.69) is 5.32 Å². The lowest BCUT2D eigenvalue weighted by Crippen LogP contribution is -2.36. The van der Waals surface area contributed by atoms with Crippen molar-refractivity contribution >= 4 is 29.1 Å². The molecule has 2 rings (SSSR count). The number of rotatable bonds is 4. The fourth-order valence-corrected chi connectivity index (χ4v) is 2.56. The van der Waals surface area contributed by atoms with E-state index in [1.807, 2.05) is 12.1 Å². The van der Waals surface area contributed by atoms with E-state index in [9.17, 15) is 4.79 Å². The molecule has 0 bridgehead atoms. The van der Waals surface area contributed by atoms with Gasteiger partial charge >= 0.3 is 0 Å². The maximum Gasteiger partial charge on any atom is 0.233 e. The SMILES string of the molecule is NCC(=O)NCC1(c2ccc(Cl)cc2Cl)CC1. The summed E-state index contributed by atoms with van der Waals surface area (Å²) in [6, 6.07) is 5.50. The number of carbonyl (C=O) groups is 1. The highest BCUT2D eigenvalue weighted by molar-refractivity contribution is 6.35. The minimum absolute atomic E-state index is 0.0183. The number of halogens is 2. The highest BCUT2D eigenvalue weighted by Gasteiger charge is 2.45. The summed E-state index contributed by atoms with van der Waals surface area (Å²) in [4.78, 5) is 11.2. The molecule has 0 unspecified atom stereocenters. The Morgan fingerprint density at radius 3 is 2.65 bits per heavy atom. The van der Waals surface area contributed by atoms with Gasteiger partial charge in [0.2, 0.25) is 5.91 Å². The summed E-state index contributed by atoms with van der Waals surface area (Å²) in [6.07, 6.45) is 2.05. The van der Waals surface area contributed by atoms with Crippen LogP contribution in [-0.4, -0.2) is 19.0 Å². The fourth-order valence-electron chi connectivity index (χ4n) is 1.95. The number of nitrogens with one attached hydrogen (secondary N) is 1. The van der Waals surface area contributed by atoms with Crippen LogP contribution in [0.5, 0.6) is 0 Å². The zero-order chi connectivity index (χ0) is 12.5. The van der Waals surface area contributed by atoms with Gasteiger partial charge in [0.1, 0.15) is 0 Å². The molecule has 1 aromatic carbocycles. The van der Waals surface area contributed by atoms with Gasteiger partial charge in [-0.3, -0.25) is 4.79 Å². The lowest BCUT2D eigenvalue weighted by molar-refractivity contribution is -0.119. The predicted octanol–water partition coefficient (Wildman–Crippen LogP) is 2.10.